The SMILES string of the molecule is CCOC1CC(NC(=NC)NC2CCC(=O)N(C)C2)C12CCCCC2.I. The third-order valence-corrected chi connectivity index (χ3v) is 6.44. The average Bonchev–Trinajstić information content (AvgIpc) is 2.63. The molecule has 0 aromatic heterocycles. The van der Waals surface area contributed by atoms with Gasteiger partial charge in [0.05, 0.1) is 6.10 Å². The van der Waals surface area contributed by atoms with Gasteiger partial charge in [-0.1, -0.05) is 19.3 Å². The van der Waals surface area contributed by atoms with E-state index in [1.807, 2.05) is 19.0 Å². The molecule has 6 nitrogen and oxygen atoms in total. The van der Waals surface area contributed by atoms with Crippen LogP contribution in [0, 0.1) is 5.41 Å². The first-order valence-corrected chi connectivity index (χ1v) is 9.94. The maximum atomic E-state index is 11.7. The molecule has 1 saturated heterocycles. The molecule has 1 amide bonds. The number of piperidine rings is 1. The van der Waals surface area contributed by atoms with Crippen LogP contribution in [0.4, 0.5) is 0 Å². The minimum atomic E-state index is 0. The summed E-state index contributed by atoms with van der Waals surface area (Å²) in [5.74, 6) is 1.11. The Hall–Kier alpha value is -0.570. The fraction of sp³-hybridized carbons (Fsp3) is 0.895. The van der Waals surface area contributed by atoms with Gasteiger partial charge in [0.25, 0.3) is 0 Å². The van der Waals surface area contributed by atoms with Gasteiger partial charge in [0.15, 0.2) is 5.96 Å². The number of hydrogen-bond donors (Lipinski definition) is 2. The van der Waals surface area contributed by atoms with Crippen molar-refractivity contribution in [3.8, 4) is 0 Å². The highest BCUT2D eigenvalue weighted by Crippen LogP contribution is 2.53. The van der Waals surface area contributed by atoms with Crippen molar-refractivity contribution in [3.63, 3.8) is 0 Å². The zero-order valence-electron chi connectivity index (χ0n) is 16.4. The van der Waals surface area contributed by atoms with E-state index in [4.69, 9.17) is 4.74 Å². The molecule has 2 saturated carbocycles. The number of guanidine groups is 1. The summed E-state index contributed by atoms with van der Waals surface area (Å²) in [5.41, 5.74) is 0.283. The lowest BCUT2D eigenvalue weighted by atomic mass is 9.55. The number of nitrogens with zero attached hydrogens (tertiary/aromatic N) is 2. The molecule has 26 heavy (non-hydrogen) atoms. The fourth-order valence-electron chi connectivity index (χ4n) is 4.92. The number of aliphatic imine (C=N–C) groups is 1. The molecule has 3 rings (SSSR count). The summed E-state index contributed by atoms with van der Waals surface area (Å²) in [6.45, 7) is 3.64. The molecule has 2 N–H and O–H groups in total. The van der Waals surface area contributed by atoms with E-state index in [0.717, 1.165) is 32.0 Å². The Bertz CT molecular complexity index is 508. The van der Waals surface area contributed by atoms with E-state index in [9.17, 15) is 4.79 Å². The van der Waals surface area contributed by atoms with Crippen molar-refractivity contribution in [2.75, 3.05) is 27.2 Å². The van der Waals surface area contributed by atoms with Crippen molar-refractivity contribution >= 4 is 35.8 Å². The number of ether oxygens (including phenoxy) is 1. The normalized spacial score (nSPS) is 31.2. The van der Waals surface area contributed by atoms with Crippen molar-refractivity contribution in [2.24, 2.45) is 10.4 Å². The molecule has 0 radical (unpaired) electrons. The smallest absolute Gasteiger partial charge is 0.222 e. The van der Waals surface area contributed by atoms with Gasteiger partial charge in [0, 0.05) is 51.2 Å². The molecule has 7 heteroatoms. The van der Waals surface area contributed by atoms with E-state index in [1.54, 1.807) is 0 Å². The number of likely N-dealkylation sites (tertiary alicyclic amines) is 1. The van der Waals surface area contributed by atoms with Crippen molar-refractivity contribution in [1.29, 1.82) is 0 Å². The molecule has 2 aliphatic carbocycles. The lowest BCUT2D eigenvalue weighted by Crippen LogP contribution is -2.67. The highest BCUT2D eigenvalue weighted by molar-refractivity contribution is 14.0. The largest absolute Gasteiger partial charge is 0.378 e. The molecule has 3 aliphatic rings. The summed E-state index contributed by atoms with van der Waals surface area (Å²) in [5, 5.41) is 7.21. The van der Waals surface area contributed by atoms with Gasteiger partial charge in [-0.2, -0.15) is 0 Å². The van der Waals surface area contributed by atoms with Crippen LogP contribution in [0.1, 0.15) is 58.3 Å². The van der Waals surface area contributed by atoms with Crippen LogP contribution in [-0.2, 0) is 9.53 Å². The van der Waals surface area contributed by atoms with Crippen LogP contribution >= 0.6 is 24.0 Å². The predicted octanol–water partition coefficient (Wildman–Crippen LogP) is 2.52. The van der Waals surface area contributed by atoms with E-state index in [0.29, 0.717) is 18.6 Å². The summed E-state index contributed by atoms with van der Waals surface area (Å²) < 4.78 is 6.05. The van der Waals surface area contributed by atoms with Gasteiger partial charge < -0.3 is 20.3 Å². The molecule has 3 unspecified atom stereocenters. The van der Waals surface area contributed by atoms with Gasteiger partial charge in [0.2, 0.25) is 5.91 Å². The predicted molar refractivity (Wildman–Crippen MR) is 115 cm³/mol. The second-order valence-corrected chi connectivity index (χ2v) is 7.90. The third-order valence-electron chi connectivity index (χ3n) is 6.44. The molecule has 0 bridgehead atoms. The summed E-state index contributed by atoms with van der Waals surface area (Å²) in [7, 11) is 3.71. The number of carbonyl (C=O) groups is 1. The Balaban J connectivity index is 0.00000243. The zero-order valence-corrected chi connectivity index (χ0v) is 18.8. The van der Waals surface area contributed by atoms with Crippen molar-refractivity contribution in [1.82, 2.24) is 15.5 Å². The van der Waals surface area contributed by atoms with Crippen molar-refractivity contribution in [3.05, 3.63) is 0 Å². The number of rotatable bonds is 4. The van der Waals surface area contributed by atoms with Crippen LogP contribution in [0.2, 0.25) is 0 Å². The van der Waals surface area contributed by atoms with E-state index in [1.165, 1.54) is 32.1 Å². The number of hydrogen-bond acceptors (Lipinski definition) is 3. The zero-order chi connectivity index (χ0) is 17.9. The number of halogens is 1. The van der Waals surface area contributed by atoms with Crippen molar-refractivity contribution < 1.29 is 9.53 Å². The highest BCUT2D eigenvalue weighted by atomic mass is 127. The van der Waals surface area contributed by atoms with Gasteiger partial charge in [-0.05, 0) is 32.6 Å². The molecule has 1 spiro atoms. The number of carbonyl (C=O) groups excluding carboxylic acids is 1. The Morgan fingerprint density at radius 1 is 1.31 bits per heavy atom. The fourth-order valence-corrected chi connectivity index (χ4v) is 4.92. The van der Waals surface area contributed by atoms with E-state index < -0.39 is 0 Å². The van der Waals surface area contributed by atoms with Gasteiger partial charge in [-0.3, -0.25) is 9.79 Å². The van der Waals surface area contributed by atoms with Gasteiger partial charge in [0.1, 0.15) is 0 Å². The molecule has 0 aromatic carbocycles. The van der Waals surface area contributed by atoms with Crippen LogP contribution in [0.15, 0.2) is 4.99 Å². The van der Waals surface area contributed by atoms with E-state index in [-0.39, 0.29) is 41.3 Å². The number of nitrogens with one attached hydrogen (secondary N) is 2. The average molecular weight is 478 g/mol. The first-order chi connectivity index (χ1) is 12.1. The highest BCUT2D eigenvalue weighted by Gasteiger charge is 2.55. The quantitative estimate of drug-likeness (QED) is 0.370. The molecule has 150 valence electrons. The van der Waals surface area contributed by atoms with Crippen LogP contribution in [0.25, 0.3) is 0 Å². The molecule has 1 heterocycles. The van der Waals surface area contributed by atoms with Crippen LogP contribution in [0.5, 0.6) is 0 Å². The lowest BCUT2D eigenvalue weighted by Gasteiger charge is -2.58. The van der Waals surface area contributed by atoms with Crippen molar-refractivity contribution in [2.45, 2.75) is 76.5 Å². The second kappa shape index (κ2) is 9.57. The Labute approximate surface area is 174 Å². The Morgan fingerprint density at radius 2 is 2.04 bits per heavy atom. The van der Waals surface area contributed by atoms with Gasteiger partial charge in [-0.15, -0.1) is 24.0 Å². The maximum absolute atomic E-state index is 11.7. The standard InChI is InChI=1S/C19H34N4O2.HI/c1-4-25-16-12-15(19(16)10-6-5-7-11-19)22-18(20-2)21-14-8-9-17(24)23(3)13-14;/h14-16H,4-13H2,1-3H3,(H2,20,21,22);1H. The topological polar surface area (TPSA) is 66.0 Å². The van der Waals surface area contributed by atoms with Crippen LogP contribution < -0.4 is 10.6 Å². The molecule has 3 fully saturated rings. The molecule has 3 atom stereocenters. The summed E-state index contributed by atoms with van der Waals surface area (Å²) in [4.78, 5) is 17.9. The monoisotopic (exact) mass is 478 g/mol. The number of amides is 1. The first kappa shape index (κ1) is 21.7. The summed E-state index contributed by atoms with van der Waals surface area (Å²) in [6.07, 6.45) is 9.44. The van der Waals surface area contributed by atoms with E-state index >= 15 is 0 Å². The number of likely N-dealkylation sites (N-methyl/N-ethyl adjacent to an activating group) is 1. The van der Waals surface area contributed by atoms with Crippen LogP contribution in [0.3, 0.4) is 0 Å². The lowest BCUT2D eigenvalue weighted by molar-refractivity contribution is -0.145. The molecular weight excluding hydrogens is 443 g/mol. The minimum Gasteiger partial charge on any atom is -0.378 e. The van der Waals surface area contributed by atoms with Gasteiger partial charge in [-0.25, -0.2) is 0 Å². The maximum Gasteiger partial charge on any atom is 0.222 e. The summed E-state index contributed by atoms with van der Waals surface area (Å²) >= 11 is 0. The second-order valence-electron chi connectivity index (χ2n) is 7.90. The first-order valence-electron chi connectivity index (χ1n) is 9.94. The minimum absolute atomic E-state index is 0. The third kappa shape index (κ3) is 4.46. The van der Waals surface area contributed by atoms with E-state index in [2.05, 4.69) is 22.5 Å². The van der Waals surface area contributed by atoms with Gasteiger partial charge >= 0.3 is 0 Å². The summed E-state index contributed by atoms with van der Waals surface area (Å²) in [6, 6.07) is 0.720. The Kier molecular flexibility index (Phi) is 8.00. The molecule has 1 aliphatic heterocycles. The molecular formula is C19H35IN4O2. The van der Waals surface area contributed by atoms with Crippen LogP contribution in [-0.4, -0.2) is 62.2 Å². The molecule has 0 aromatic rings. The Morgan fingerprint density at radius 3 is 2.65 bits per heavy atom.